The first-order chi connectivity index (χ1) is 9.97. The summed E-state index contributed by atoms with van der Waals surface area (Å²) in [6, 6.07) is 12.9. The highest BCUT2D eigenvalue weighted by atomic mass is 35.5. The van der Waals surface area contributed by atoms with Crippen molar-refractivity contribution in [1.82, 2.24) is 9.88 Å². The number of benzene rings is 1. The third-order valence-corrected chi connectivity index (χ3v) is 3.70. The molecule has 1 atom stereocenters. The third kappa shape index (κ3) is 4.03. The normalized spacial score (nSPS) is 12.4. The summed E-state index contributed by atoms with van der Waals surface area (Å²) in [4.78, 5) is 17.2. The zero-order valence-corrected chi connectivity index (χ0v) is 12.7. The molecule has 0 aliphatic rings. The van der Waals surface area contributed by atoms with Gasteiger partial charge in [0.1, 0.15) is 5.69 Å². The van der Waals surface area contributed by atoms with E-state index in [1.165, 1.54) is 6.07 Å². The average molecular weight is 305 g/mol. The highest BCUT2D eigenvalue weighted by Gasteiger charge is 2.13. The van der Waals surface area contributed by atoms with E-state index in [1.807, 2.05) is 37.4 Å². The Hall–Kier alpha value is -1.91. The number of pyridine rings is 1. The molecule has 0 bridgehead atoms. The van der Waals surface area contributed by atoms with Gasteiger partial charge < -0.3 is 5.11 Å². The van der Waals surface area contributed by atoms with Crippen molar-refractivity contribution in [2.75, 3.05) is 7.05 Å². The smallest absolute Gasteiger partial charge is 0.354 e. The summed E-state index contributed by atoms with van der Waals surface area (Å²) in [7, 11) is 1.98. The van der Waals surface area contributed by atoms with Gasteiger partial charge in [-0.3, -0.25) is 4.90 Å². The lowest BCUT2D eigenvalue weighted by atomic mass is 10.1. The minimum atomic E-state index is -1.01. The van der Waals surface area contributed by atoms with E-state index in [-0.39, 0.29) is 11.7 Å². The number of hydrogen-bond acceptors (Lipinski definition) is 3. The number of nitrogens with zero attached hydrogens (tertiary/aromatic N) is 2. The lowest BCUT2D eigenvalue weighted by Crippen LogP contribution is -2.22. The maximum Gasteiger partial charge on any atom is 0.354 e. The van der Waals surface area contributed by atoms with E-state index in [9.17, 15) is 4.79 Å². The van der Waals surface area contributed by atoms with E-state index >= 15 is 0 Å². The van der Waals surface area contributed by atoms with Gasteiger partial charge in [0.25, 0.3) is 0 Å². The Morgan fingerprint density at radius 3 is 2.57 bits per heavy atom. The molecule has 0 radical (unpaired) electrons. The molecule has 1 aromatic heterocycles. The molecule has 2 rings (SSSR count). The van der Waals surface area contributed by atoms with Gasteiger partial charge in [-0.15, -0.1) is 0 Å². The zero-order valence-electron chi connectivity index (χ0n) is 12.0. The molecule has 4 nitrogen and oxygen atoms in total. The van der Waals surface area contributed by atoms with Gasteiger partial charge in [-0.2, -0.15) is 0 Å². The summed E-state index contributed by atoms with van der Waals surface area (Å²) in [5, 5.41) is 9.68. The summed E-state index contributed by atoms with van der Waals surface area (Å²) in [5.41, 5.74) is 1.95. The fourth-order valence-corrected chi connectivity index (χ4v) is 2.20. The van der Waals surface area contributed by atoms with Gasteiger partial charge in [-0.05, 0) is 43.8 Å². The van der Waals surface area contributed by atoms with E-state index in [2.05, 4.69) is 16.8 Å². The minimum Gasteiger partial charge on any atom is -0.477 e. The van der Waals surface area contributed by atoms with Crippen LogP contribution in [0.3, 0.4) is 0 Å². The number of aromatic carboxylic acids is 1. The summed E-state index contributed by atoms with van der Waals surface area (Å²) in [5.74, 6) is -1.01. The van der Waals surface area contributed by atoms with Crippen LogP contribution >= 0.6 is 11.6 Å². The van der Waals surface area contributed by atoms with Gasteiger partial charge >= 0.3 is 5.97 Å². The second kappa shape index (κ2) is 6.70. The first-order valence-corrected chi connectivity index (χ1v) is 7.00. The Labute approximate surface area is 129 Å². The lowest BCUT2D eigenvalue weighted by molar-refractivity contribution is 0.0690. The van der Waals surface area contributed by atoms with Crippen LogP contribution in [0, 0.1) is 0 Å². The van der Waals surface area contributed by atoms with Crippen molar-refractivity contribution < 1.29 is 9.90 Å². The number of carboxylic acids is 1. The molecule has 1 N–H and O–H groups in total. The van der Waals surface area contributed by atoms with Crippen molar-refractivity contribution >= 4 is 17.6 Å². The van der Waals surface area contributed by atoms with E-state index in [1.54, 1.807) is 6.07 Å². The Kier molecular flexibility index (Phi) is 4.94. The number of rotatable bonds is 5. The van der Waals surface area contributed by atoms with Crippen molar-refractivity contribution in [3.8, 4) is 0 Å². The molecular weight excluding hydrogens is 288 g/mol. The van der Waals surface area contributed by atoms with Crippen molar-refractivity contribution in [3.05, 3.63) is 64.4 Å². The van der Waals surface area contributed by atoms with Crippen LogP contribution in [0.1, 0.15) is 34.7 Å². The first kappa shape index (κ1) is 15.5. The molecule has 0 amide bonds. The number of halogens is 1. The maximum atomic E-state index is 10.9. The van der Waals surface area contributed by atoms with Crippen molar-refractivity contribution in [2.24, 2.45) is 0 Å². The Bertz CT molecular complexity index is 628. The fourth-order valence-electron chi connectivity index (χ4n) is 2.07. The molecule has 21 heavy (non-hydrogen) atoms. The van der Waals surface area contributed by atoms with Crippen LogP contribution in [0.4, 0.5) is 0 Å². The number of carboxylic acid groups (broad SMARTS) is 1. The predicted molar refractivity (Wildman–Crippen MR) is 82.5 cm³/mol. The van der Waals surface area contributed by atoms with E-state index < -0.39 is 5.97 Å². The van der Waals surface area contributed by atoms with Crippen LogP contribution in [0.5, 0.6) is 0 Å². The average Bonchev–Trinajstić information content (AvgIpc) is 2.47. The van der Waals surface area contributed by atoms with Crippen LogP contribution in [0.25, 0.3) is 0 Å². The SMILES string of the molecule is CC(c1ccc(Cl)cc1)N(C)Cc1cccc(C(=O)O)n1. The third-order valence-electron chi connectivity index (χ3n) is 3.45. The molecule has 1 aromatic carbocycles. The molecule has 0 saturated heterocycles. The van der Waals surface area contributed by atoms with Gasteiger partial charge in [-0.1, -0.05) is 29.8 Å². The molecule has 0 spiro atoms. The van der Waals surface area contributed by atoms with Crippen LogP contribution < -0.4 is 0 Å². The van der Waals surface area contributed by atoms with E-state index in [0.29, 0.717) is 11.6 Å². The largest absolute Gasteiger partial charge is 0.477 e. The highest BCUT2D eigenvalue weighted by Crippen LogP contribution is 2.22. The Balaban J connectivity index is 2.10. The van der Waals surface area contributed by atoms with Crippen molar-refractivity contribution in [3.63, 3.8) is 0 Å². The van der Waals surface area contributed by atoms with Gasteiger partial charge in [-0.25, -0.2) is 9.78 Å². The molecule has 1 unspecified atom stereocenters. The molecule has 2 aromatic rings. The summed E-state index contributed by atoms with van der Waals surface area (Å²) < 4.78 is 0. The summed E-state index contributed by atoms with van der Waals surface area (Å²) in [6.07, 6.45) is 0. The molecule has 1 heterocycles. The topological polar surface area (TPSA) is 53.4 Å². The number of aromatic nitrogens is 1. The Morgan fingerprint density at radius 1 is 1.29 bits per heavy atom. The number of hydrogen-bond donors (Lipinski definition) is 1. The van der Waals surface area contributed by atoms with Gasteiger partial charge in [0.15, 0.2) is 0 Å². The molecule has 5 heteroatoms. The lowest BCUT2D eigenvalue weighted by Gasteiger charge is -2.24. The molecule has 0 aliphatic carbocycles. The quantitative estimate of drug-likeness (QED) is 0.916. The second-order valence-corrected chi connectivity index (χ2v) is 5.40. The van der Waals surface area contributed by atoms with Crippen molar-refractivity contribution in [1.29, 1.82) is 0 Å². The molecule has 110 valence electrons. The highest BCUT2D eigenvalue weighted by molar-refractivity contribution is 6.30. The fraction of sp³-hybridized carbons (Fsp3) is 0.250. The molecule has 0 aliphatic heterocycles. The van der Waals surface area contributed by atoms with Gasteiger partial charge in [0.2, 0.25) is 0 Å². The zero-order chi connectivity index (χ0) is 15.4. The Morgan fingerprint density at radius 2 is 1.95 bits per heavy atom. The van der Waals surface area contributed by atoms with Crippen LogP contribution in [-0.4, -0.2) is 28.0 Å². The van der Waals surface area contributed by atoms with E-state index in [4.69, 9.17) is 16.7 Å². The second-order valence-electron chi connectivity index (χ2n) is 4.96. The first-order valence-electron chi connectivity index (χ1n) is 6.62. The summed E-state index contributed by atoms with van der Waals surface area (Å²) >= 11 is 5.89. The molecular formula is C16H17ClN2O2. The van der Waals surface area contributed by atoms with Crippen LogP contribution in [0.15, 0.2) is 42.5 Å². The van der Waals surface area contributed by atoms with Crippen LogP contribution in [-0.2, 0) is 6.54 Å². The van der Waals surface area contributed by atoms with Crippen LogP contribution in [0.2, 0.25) is 5.02 Å². The number of carbonyl (C=O) groups is 1. The van der Waals surface area contributed by atoms with Gasteiger partial charge in [0.05, 0.1) is 5.69 Å². The molecule has 0 fully saturated rings. The molecule has 0 saturated carbocycles. The van der Waals surface area contributed by atoms with Gasteiger partial charge in [0, 0.05) is 17.6 Å². The predicted octanol–water partition coefficient (Wildman–Crippen LogP) is 3.63. The van der Waals surface area contributed by atoms with Crippen molar-refractivity contribution in [2.45, 2.75) is 19.5 Å². The standard InChI is InChI=1S/C16H17ClN2O2/c1-11(12-6-8-13(17)9-7-12)19(2)10-14-4-3-5-15(18-14)16(20)21/h3-9,11H,10H2,1-2H3,(H,20,21). The maximum absolute atomic E-state index is 10.9. The summed E-state index contributed by atoms with van der Waals surface area (Å²) in [6.45, 7) is 2.66. The monoisotopic (exact) mass is 304 g/mol. The minimum absolute atomic E-state index is 0.0695. The van der Waals surface area contributed by atoms with E-state index in [0.717, 1.165) is 11.3 Å².